The van der Waals surface area contributed by atoms with Crippen LogP contribution in [0.1, 0.15) is 42.3 Å². The van der Waals surface area contributed by atoms with Crippen LogP contribution in [0.25, 0.3) is 11.3 Å². The van der Waals surface area contributed by atoms with Crippen molar-refractivity contribution in [2.45, 2.75) is 33.6 Å². The molecule has 0 saturated carbocycles. The van der Waals surface area contributed by atoms with E-state index in [0.29, 0.717) is 11.3 Å². The van der Waals surface area contributed by atoms with Crippen LogP contribution in [0.3, 0.4) is 0 Å². The van der Waals surface area contributed by atoms with Crippen molar-refractivity contribution in [2.24, 2.45) is 0 Å². The van der Waals surface area contributed by atoms with Crippen molar-refractivity contribution in [3.05, 3.63) is 90.3 Å². The molecule has 2 N–H and O–H groups in total. The Morgan fingerprint density at radius 2 is 1.83 bits per heavy atom. The molecule has 0 saturated heterocycles. The number of rotatable bonds is 6. The third-order valence-electron chi connectivity index (χ3n) is 4.57. The molecule has 1 heterocycles. The van der Waals surface area contributed by atoms with Crippen molar-refractivity contribution in [3.8, 4) is 17.0 Å². The highest BCUT2D eigenvalue weighted by atomic mass is 16.3. The first-order chi connectivity index (χ1) is 14.0. The van der Waals surface area contributed by atoms with Crippen molar-refractivity contribution < 1.29 is 9.90 Å². The summed E-state index contributed by atoms with van der Waals surface area (Å²) in [6.07, 6.45) is 5.50. The molecule has 0 fully saturated rings. The van der Waals surface area contributed by atoms with Gasteiger partial charge in [0.15, 0.2) is 5.78 Å². The number of Topliss-reactive ketones (excluding diaryl/α,β-unsaturated/α-hetero) is 1. The first-order valence-electron chi connectivity index (χ1n) is 9.74. The third kappa shape index (κ3) is 6.04. The Kier molecular flexibility index (Phi) is 8.16. The summed E-state index contributed by atoms with van der Waals surface area (Å²) in [5, 5.41) is 12.8. The molecular formula is C25H28N2O2. The summed E-state index contributed by atoms with van der Waals surface area (Å²) in [6, 6.07) is 16.8. The lowest BCUT2D eigenvalue weighted by Crippen LogP contribution is -1.94. The topological polar surface area (TPSA) is 62.2 Å². The van der Waals surface area contributed by atoms with Gasteiger partial charge in [-0.3, -0.25) is 9.78 Å². The minimum atomic E-state index is 0.0248. The van der Waals surface area contributed by atoms with Crippen LogP contribution in [0.15, 0.2) is 73.6 Å². The van der Waals surface area contributed by atoms with Crippen LogP contribution in [-0.4, -0.2) is 15.9 Å². The highest BCUT2D eigenvalue weighted by Crippen LogP contribution is 2.26. The summed E-state index contributed by atoms with van der Waals surface area (Å²) >= 11 is 0. The van der Waals surface area contributed by atoms with Gasteiger partial charge in [0.2, 0.25) is 0 Å². The lowest BCUT2D eigenvalue weighted by Gasteiger charge is -2.08. The predicted octanol–water partition coefficient (Wildman–Crippen LogP) is 6.02. The monoisotopic (exact) mass is 388 g/mol. The summed E-state index contributed by atoms with van der Waals surface area (Å²) in [7, 11) is 0. The van der Waals surface area contributed by atoms with E-state index in [9.17, 15) is 9.90 Å². The molecule has 0 bridgehead atoms. The van der Waals surface area contributed by atoms with Crippen LogP contribution in [0.4, 0.5) is 5.69 Å². The van der Waals surface area contributed by atoms with Gasteiger partial charge in [0.25, 0.3) is 0 Å². The zero-order valence-electron chi connectivity index (χ0n) is 17.3. The lowest BCUT2D eigenvalue weighted by molar-refractivity contribution is 0.101. The van der Waals surface area contributed by atoms with Gasteiger partial charge in [-0.1, -0.05) is 56.8 Å². The number of pyridine rings is 1. The fraction of sp³-hybridized carbons (Fsp3) is 0.200. The summed E-state index contributed by atoms with van der Waals surface area (Å²) < 4.78 is 0. The molecular weight excluding hydrogens is 360 g/mol. The molecule has 0 amide bonds. The van der Waals surface area contributed by atoms with E-state index in [0.717, 1.165) is 18.4 Å². The van der Waals surface area contributed by atoms with Gasteiger partial charge < -0.3 is 10.4 Å². The molecule has 29 heavy (non-hydrogen) atoms. The Labute approximate surface area is 173 Å². The maximum absolute atomic E-state index is 11.1. The van der Waals surface area contributed by atoms with Crippen LogP contribution in [0, 0.1) is 0 Å². The molecule has 0 aliphatic carbocycles. The molecule has 0 radical (unpaired) electrons. The van der Waals surface area contributed by atoms with E-state index in [2.05, 4.69) is 48.9 Å². The Balaban J connectivity index is 0.000000212. The summed E-state index contributed by atoms with van der Waals surface area (Å²) in [6.45, 7) is 9.53. The highest BCUT2D eigenvalue weighted by Gasteiger charge is 2.05. The fourth-order valence-electron chi connectivity index (χ4n) is 2.89. The molecule has 3 aromatic rings. The number of anilines is 1. The van der Waals surface area contributed by atoms with Gasteiger partial charge in [0, 0.05) is 23.0 Å². The molecule has 0 aliphatic rings. The third-order valence-corrected chi connectivity index (χ3v) is 4.57. The number of ketones is 1. The van der Waals surface area contributed by atoms with Gasteiger partial charge in [-0.2, -0.15) is 0 Å². The van der Waals surface area contributed by atoms with Crippen LogP contribution in [0.2, 0.25) is 0 Å². The number of benzene rings is 2. The number of aromatic nitrogens is 1. The number of aromatic hydroxyl groups is 1. The molecule has 0 aliphatic heterocycles. The van der Waals surface area contributed by atoms with Gasteiger partial charge in [0.05, 0.1) is 0 Å². The number of hydrogen-bond donors (Lipinski definition) is 2. The van der Waals surface area contributed by atoms with Crippen molar-refractivity contribution in [1.82, 2.24) is 4.98 Å². The molecule has 4 nitrogen and oxygen atoms in total. The average molecular weight is 389 g/mol. The van der Waals surface area contributed by atoms with Crippen molar-refractivity contribution in [3.63, 3.8) is 0 Å². The van der Waals surface area contributed by atoms with Crippen LogP contribution in [-0.2, 0) is 12.8 Å². The Bertz CT molecular complexity index is 963. The zero-order chi connectivity index (χ0) is 21.2. The van der Waals surface area contributed by atoms with E-state index in [1.807, 2.05) is 0 Å². The van der Waals surface area contributed by atoms with Gasteiger partial charge in [0.1, 0.15) is 11.4 Å². The van der Waals surface area contributed by atoms with E-state index in [1.54, 1.807) is 48.8 Å². The van der Waals surface area contributed by atoms with Gasteiger partial charge in [-0.25, -0.2) is 0 Å². The number of nitrogens with one attached hydrogen (secondary N) is 1. The SMILES string of the molecule is C=CNc1ccc(CC)cc1CC.CC(=O)c1ccc(-c2ncccc2O)cc1. The minimum absolute atomic E-state index is 0.0248. The first kappa shape index (κ1) is 21.9. The Morgan fingerprint density at radius 3 is 2.38 bits per heavy atom. The van der Waals surface area contributed by atoms with E-state index < -0.39 is 0 Å². The van der Waals surface area contributed by atoms with Crippen LogP contribution in [0.5, 0.6) is 5.75 Å². The van der Waals surface area contributed by atoms with Gasteiger partial charge >= 0.3 is 0 Å². The van der Waals surface area contributed by atoms with Crippen LogP contribution >= 0.6 is 0 Å². The quantitative estimate of drug-likeness (QED) is 0.507. The highest BCUT2D eigenvalue weighted by molar-refractivity contribution is 5.94. The number of carbonyl (C=O) groups is 1. The molecule has 4 heteroatoms. The number of aryl methyl sites for hydroxylation is 2. The number of carbonyl (C=O) groups excluding carboxylic acids is 1. The molecule has 0 atom stereocenters. The van der Waals surface area contributed by atoms with E-state index in [4.69, 9.17) is 0 Å². The molecule has 1 aromatic heterocycles. The summed E-state index contributed by atoms with van der Waals surface area (Å²) in [5.74, 6) is 0.162. The van der Waals surface area contributed by atoms with E-state index >= 15 is 0 Å². The minimum Gasteiger partial charge on any atom is -0.506 e. The van der Waals surface area contributed by atoms with Crippen LogP contribution < -0.4 is 5.32 Å². The second-order valence-corrected chi connectivity index (χ2v) is 6.55. The average Bonchev–Trinajstić information content (AvgIpc) is 2.75. The molecule has 0 spiro atoms. The number of hydrogen-bond acceptors (Lipinski definition) is 4. The second kappa shape index (κ2) is 10.8. The molecule has 3 rings (SSSR count). The Hall–Kier alpha value is -3.40. The van der Waals surface area contributed by atoms with E-state index in [1.165, 1.54) is 23.7 Å². The second-order valence-electron chi connectivity index (χ2n) is 6.55. The fourth-order valence-corrected chi connectivity index (χ4v) is 2.89. The van der Waals surface area contributed by atoms with Gasteiger partial charge in [-0.05, 0) is 55.3 Å². The first-order valence-corrected chi connectivity index (χ1v) is 9.74. The molecule has 150 valence electrons. The normalized spacial score (nSPS) is 9.90. The summed E-state index contributed by atoms with van der Waals surface area (Å²) in [5.41, 5.74) is 5.90. The Morgan fingerprint density at radius 1 is 1.10 bits per heavy atom. The van der Waals surface area contributed by atoms with Gasteiger partial charge in [-0.15, -0.1) is 0 Å². The standard InChI is InChI=1S/C13H11NO2.C12H17N/c1-9(15)10-4-6-11(7-5-10)13-12(16)3-2-8-14-13;1-4-10-7-8-12(13-6-3)11(5-2)9-10/h2-8,16H,1H3;6-9,13H,3-5H2,1-2H3. The maximum Gasteiger partial charge on any atom is 0.159 e. The van der Waals surface area contributed by atoms with Crippen molar-refractivity contribution >= 4 is 11.5 Å². The predicted molar refractivity (Wildman–Crippen MR) is 120 cm³/mol. The largest absolute Gasteiger partial charge is 0.506 e. The van der Waals surface area contributed by atoms with Crippen molar-refractivity contribution in [1.29, 1.82) is 0 Å². The summed E-state index contributed by atoms with van der Waals surface area (Å²) in [4.78, 5) is 15.2. The maximum atomic E-state index is 11.1. The molecule has 0 unspecified atom stereocenters. The van der Waals surface area contributed by atoms with E-state index in [-0.39, 0.29) is 11.5 Å². The smallest absolute Gasteiger partial charge is 0.159 e. The van der Waals surface area contributed by atoms with Crippen molar-refractivity contribution in [2.75, 3.05) is 5.32 Å². The lowest BCUT2D eigenvalue weighted by atomic mass is 10.0. The molecule has 2 aromatic carbocycles. The number of nitrogens with zero attached hydrogens (tertiary/aromatic N) is 1. The zero-order valence-corrected chi connectivity index (χ0v) is 17.3.